The van der Waals surface area contributed by atoms with Crippen LogP contribution in [0.5, 0.6) is 0 Å². The second kappa shape index (κ2) is 7.02. The van der Waals surface area contributed by atoms with Gasteiger partial charge in [0, 0.05) is 39.3 Å². The lowest BCUT2D eigenvalue weighted by atomic mass is 10.3. The highest BCUT2D eigenvalue weighted by Gasteiger charge is 2.26. The van der Waals surface area contributed by atoms with E-state index in [0.717, 1.165) is 25.4 Å². The van der Waals surface area contributed by atoms with E-state index in [1.54, 1.807) is 6.26 Å². The van der Waals surface area contributed by atoms with Crippen molar-refractivity contribution >= 4 is 15.7 Å². The number of hydrogen-bond acceptors (Lipinski definition) is 6. The molecule has 0 aromatic carbocycles. The SMILES string of the molecule is O=C(CN1CCS(=O)(=O)CC1)N1CCN(Cc2ccco2)CC1. The number of carbonyl (C=O) groups is 1. The maximum atomic E-state index is 12.3. The van der Waals surface area contributed by atoms with Gasteiger partial charge in [-0.1, -0.05) is 0 Å². The molecule has 0 aliphatic carbocycles. The zero-order valence-corrected chi connectivity index (χ0v) is 14.0. The van der Waals surface area contributed by atoms with Crippen molar-refractivity contribution in [1.29, 1.82) is 0 Å². The van der Waals surface area contributed by atoms with Gasteiger partial charge in [-0.15, -0.1) is 0 Å². The van der Waals surface area contributed by atoms with Crippen molar-refractivity contribution in [2.24, 2.45) is 0 Å². The van der Waals surface area contributed by atoms with E-state index in [9.17, 15) is 13.2 Å². The molecular weight excluding hydrogens is 318 g/mol. The first-order chi connectivity index (χ1) is 11.0. The quantitative estimate of drug-likeness (QED) is 0.746. The topological polar surface area (TPSA) is 74.1 Å². The van der Waals surface area contributed by atoms with Gasteiger partial charge in [0.1, 0.15) is 5.76 Å². The molecule has 8 heteroatoms. The Kier molecular flexibility index (Phi) is 5.03. The van der Waals surface area contributed by atoms with Crippen LogP contribution in [0.15, 0.2) is 22.8 Å². The molecule has 0 spiro atoms. The number of amides is 1. The Hall–Kier alpha value is -1.38. The van der Waals surface area contributed by atoms with E-state index in [-0.39, 0.29) is 17.4 Å². The van der Waals surface area contributed by atoms with Crippen LogP contribution in [0.1, 0.15) is 5.76 Å². The van der Waals surface area contributed by atoms with E-state index in [2.05, 4.69) is 4.90 Å². The fourth-order valence-corrected chi connectivity index (χ4v) is 4.25. The summed E-state index contributed by atoms with van der Waals surface area (Å²) in [5.41, 5.74) is 0. The molecular formula is C15H23N3O4S. The average Bonchev–Trinajstić information content (AvgIpc) is 3.03. The van der Waals surface area contributed by atoms with Gasteiger partial charge >= 0.3 is 0 Å². The third-order valence-corrected chi connectivity index (χ3v) is 6.09. The second-order valence-electron chi connectivity index (χ2n) is 6.16. The molecule has 2 aliphatic heterocycles. The fourth-order valence-electron chi connectivity index (χ4n) is 2.98. The maximum Gasteiger partial charge on any atom is 0.236 e. The van der Waals surface area contributed by atoms with E-state index in [1.165, 1.54) is 0 Å². The third kappa shape index (κ3) is 4.55. The third-order valence-electron chi connectivity index (χ3n) is 4.48. The number of piperazine rings is 1. The number of furan rings is 1. The van der Waals surface area contributed by atoms with Gasteiger partial charge in [0.2, 0.25) is 5.91 Å². The molecule has 3 heterocycles. The normalized spacial score (nSPS) is 23.0. The van der Waals surface area contributed by atoms with Gasteiger partial charge in [0.15, 0.2) is 9.84 Å². The highest BCUT2D eigenvalue weighted by Crippen LogP contribution is 2.10. The van der Waals surface area contributed by atoms with Crippen LogP contribution in [0.4, 0.5) is 0 Å². The summed E-state index contributed by atoms with van der Waals surface area (Å²) < 4.78 is 28.2. The van der Waals surface area contributed by atoms with Crippen LogP contribution in [0.3, 0.4) is 0 Å². The van der Waals surface area contributed by atoms with Gasteiger partial charge in [0.25, 0.3) is 0 Å². The number of rotatable bonds is 4. The minimum absolute atomic E-state index is 0.0990. The molecule has 7 nitrogen and oxygen atoms in total. The molecule has 0 atom stereocenters. The Balaban J connectivity index is 1.41. The smallest absolute Gasteiger partial charge is 0.236 e. The maximum absolute atomic E-state index is 12.3. The molecule has 0 saturated carbocycles. The summed E-state index contributed by atoms with van der Waals surface area (Å²) in [5, 5.41) is 0. The van der Waals surface area contributed by atoms with E-state index in [0.29, 0.717) is 32.7 Å². The molecule has 0 unspecified atom stereocenters. The Morgan fingerprint density at radius 2 is 1.74 bits per heavy atom. The van der Waals surface area contributed by atoms with Crippen LogP contribution < -0.4 is 0 Å². The lowest BCUT2D eigenvalue weighted by Crippen LogP contribution is -2.52. The van der Waals surface area contributed by atoms with E-state index in [4.69, 9.17) is 4.42 Å². The Bertz CT molecular complexity index is 607. The van der Waals surface area contributed by atoms with E-state index >= 15 is 0 Å². The highest BCUT2D eigenvalue weighted by atomic mass is 32.2. The van der Waals surface area contributed by atoms with Gasteiger partial charge in [0.05, 0.1) is 30.9 Å². The number of carbonyl (C=O) groups excluding carboxylic acids is 1. The highest BCUT2D eigenvalue weighted by molar-refractivity contribution is 7.91. The molecule has 3 rings (SSSR count). The molecule has 0 bridgehead atoms. The monoisotopic (exact) mass is 341 g/mol. The van der Waals surface area contributed by atoms with Crippen molar-refractivity contribution in [1.82, 2.24) is 14.7 Å². The lowest BCUT2D eigenvalue weighted by Gasteiger charge is -2.36. The first kappa shape index (κ1) is 16.5. The van der Waals surface area contributed by atoms with Crippen LogP contribution in [0, 0.1) is 0 Å². The molecule has 23 heavy (non-hydrogen) atoms. The Labute approximate surface area is 136 Å². The predicted octanol–water partition coefficient (Wildman–Crippen LogP) is -0.346. The largest absolute Gasteiger partial charge is 0.468 e. The lowest BCUT2D eigenvalue weighted by molar-refractivity contribution is -0.134. The zero-order chi connectivity index (χ0) is 16.3. The van der Waals surface area contributed by atoms with Gasteiger partial charge in [-0.25, -0.2) is 8.42 Å². The molecule has 1 aromatic heterocycles. The second-order valence-corrected chi connectivity index (χ2v) is 8.47. The van der Waals surface area contributed by atoms with Gasteiger partial charge < -0.3 is 9.32 Å². The summed E-state index contributed by atoms with van der Waals surface area (Å²) in [6, 6.07) is 3.84. The fraction of sp³-hybridized carbons (Fsp3) is 0.667. The Morgan fingerprint density at radius 1 is 1.04 bits per heavy atom. The summed E-state index contributed by atoms with van der Waals surface area (Å²) in [6.45, 7) is 5.13. The standard InChI is InChI=1S/C15H23N3O4S/c19-15(13-17-7-10-23(20,21)11-8-17)18-5-3-16(4-6-18)12-14-2-1-9-22-14/h1-2,9H,3-8,10-13H2. The molecule has 2 saturated heterocycles. The minimum Gasteiger partial charge on any atom is -0.468 e. The first-order valence-electron chi connectivity index (χ1n) is 7.97. The number of hydrogen-bond donors (Lipinski definition) is 0. The molecule has 1 amide bonds. The van der Waals surface area contributed by atoms with Crippen LogP contribution in [0.25, 0.3) is 0 Å². The summed E-state index contributed by atoms with van der Waals surface area (Å²) in [4.78, 5) is 18.4. The van der Waals surface area contributed by atoms with Crippen LogP contribution in [-0.4, -0.2) is 86.3 Å². The van der Waals surface area contributed by atoms with Crippen LogP contribution in [-0.2, 0) is 21.2 Å². The van der Waals surface area contributed by atoms with Gasteiger partial charge in [-0.05, 0) is 12.1 Å². The van der Waals surface area contributed by atoms with Gasteiger partial charge in [-0.2, -0.15) is 0 Å². The minimum atomic E-state index is -2.89. The summed E-state index contributed by atoms with van der Waals surface area (Å²) in [7, 11) is -2.89. The summed E-state index contributed by atoms with van der Waals surface area (Å²) in [6.07, 6.45) is 1.67. The first-order valence-corrected chi connectivity index (χ1v) is 9.79. The molecule has 0 radical (unpaired) electrons. The predicted molar refractivity (Wildman–Crippen MR) is 85.7 cm³/mol. The Morgan fingerprint density at radius 3 is 2.35 bits per heavy atom. The van der Waals surface area contributed by atoms with Crippen LogP contribution >= 0.6 is 0 Å². The van der Waals surface area contributed by atoms with E-state index in [1.807, 2.05) is 21.9 Å². The summed E-state index contributed by atoms with van der Waals surface area (Å²) >= 11 is 0. The summed E-state index contributed by atoms with van der Waals surface area (Å²) in [5.74, 6) is 1.37. The van der Waals surface area contributed by atoms with Crippen molar-refractivity contribution in [3.63, 3.8) is 0 Å². The molecule has 128 valence electrons. The number of nitrogens with zero attached hydrogens (tertiary/aromatic N) is 3. The van der Waals surface area contributed by atoms with E-state index < -0.39 is 9.84 Å². The zero-order valence-electron chi connectivity index (χ0n) is 13.2. The van der Waals surface area contributed by atoms with Crippen molar-refractivity contribution < 1.29 is 17.6 Å². The van der Waals surface area contributed by atoms with Gasteiger partial charge in [-0.3, -0.25) is 14.6 Å². The molecule has 0 N–H and O–H groups in total. The van der Waals surface area contributed by atoms with Crippen LogP contribution in [0.2, 0.25) is 0 Å². The molecule has 2 fully saturated rings. The van der Waals surface area contributed by atoms with Crippen molar-refractivity contribution in [3.05, 3.63) is 24.2 Å². The van der Waals surface area contributed by atoms with Crippen molar-refractivity contribution in [2.45, 2.75) is 6.54 Å². The van der Waals surface area contributed by atoms with Crippen molar-refractivity contribution in [3.8, 4) is 0 Å². The molecule has 2 aliphatic rings. The molecule has 1 aromatic rings. The number of sulfone groups is 1. The average molecular weight is 341 g/mol. The van der Waals surface area contributed by atoms with Crippen molar-refractivity contribution in [2.75, 3.05) is 57.3 Å².